The van der Waals surface area contributed by atoms with Gasteiger partial charge in [-0.25, -0.2) is 0 Å². The van der Waals surface area contributed by atoms with Gasteiger partial charge in [0.15, 0.2) is 0 Å². The summed E-state index contributed by atoms with van der Waals surface area (Å²) in [7, 11) is 0. The van der Waals surface area contributed by atoms with Crippen molar-refractivity contribution in [3.63, 3.8) is 0 Å². The molecule has 0 saturated carbocycles. The lowest BCUT2D eigenvalue weighted by molar-refractivity contribution is 0.660. The highest BCUT2D eigenvalue weighted by atomic mass is 16.3. The molecule has 2 aliphatic rings. The molecule has 0 radical (unpaired) electrons. The fourth-order valence-corrected chi connectivity index (χ4v) is 11.5. The number of hydrogen-bond acceptors (Lipinski definition) is 2. The van der Waals surface area contributed by atoms with Crippen molar-refractivity contribution in [1.82, 2.24) is 0 Å². The normalized spacial score (nSPS) is 15.3. The van der Waals surface area contributed by atoms with Gasteiger partial charge in [0, 0.05) is 38.7 Å². The third-order valence-corrected chi connectivity index (χ3v) is 14.6. The Morgan fingerprint density at radius 1 is 0.364 bits per heavy atom. The molecule has 11 aromatic rings. The standard InChI is InChI=1S/C64H45NO/c1-63(2)55-26-12-10-23-53(55)61-58(63)28-16-29-59(61)65(47-37-33-43(34-38-47)42-17-5-3-6-18-42)48-39-40-57-54(41-48)50-21-9-13-27-56(50)64(57,45-19-7-4-8-20-45)46-35-31-44(32-36-46)49-24-15-25-52-51-22-11-14-30-60(51)66-62(49)52/h3-41H,1-2H3. The molecule has 0 N–H and O–H groups in total. The molecule has 0 fully saturated rings. The van der Waals surface area contributed by atoms with Crippen molar-refractivity contribution >= 4 is 39.0 Å². The summed E-state index contributed by atoms with van der Waals surface area (Å²) in [5.41, 5.74) is 22.0. The van der Waals surface area contributed by atoms with E-state index in [4.69, 9.17) is 4.42 Å². The maximum atomic E-state index is 6.52. The molecule has 0 saturated heterocycles. The fraction of sp³-hybridized carbons (Fsp3) is 0.0625. The van der Waals surface area contributed by atoms with Gasteiger partial charge in [-0.15, -0.1) is 0 Å². The van der Waals surface area contributed by atoms with Crippen LogP contribution in [0, 0.1) is 0 Å². The fourth-order valence-electron chi connectivity index (χ4n) is 11.5. The molecule has 0 spiro atoms. The van der Waals surface area contributed by atoms with Crippen LogP contribution in [0.5, 0.6) is 0 Å². The van der Waals surface area contributed by atoms with Crippen LogP contribution in [0.15, 0.2) is 241 Å². The molecule has 2 heteroatoms. The van der Waals surface area contributed by atoms with Crippen LogP contribution in [0.4, 0.5) is 17.1 Å². The number of rotatable bonds is 7. The number of benzene rings is 10. The molecule has 66 heavy (non-hydrogen) atoms. The van der Waals surface area contributed by atoms with E-state index in [1.165, 1.54) is 72.4 Å². The molecular formula is C64H45NO. The number of para-hydroxylation sites is 2. The zero-order chi connectivity index (χ0) is 44.0. The lowest BCUT2D eigenvalue weighted by atomic mass is 9.67. The molecule has 13 rings (SSSR count). The summed E-state index contributed by atoms with van der Waals surface area (Å²) in [6.45, 7) is 4.73. The summed E-state index contributed by atoms with van der Waals surface area (Å²) in [4.78, 5) is 2.49. The Kier molecular flexibility index (Phi) is 8.51. The Balaban J connectivity index is 1.01. The highest BCUT2D eigenvalue weighted by molar-refractivity contribution is 6.09. The molecule has 0 bridgehead atoms. The van der Waals surface area contributed by atoms with E-state index >= 15 is 0 Å². The predicted octanol–water partition coefficient (Wildman–Crippen LogP) is 17.1. The highest BCUT2D eigenvalue weighted by Gasteiger charge is 2.46. The summed E-state index contributed by atoms with van der Waals surface area (Å²) >= 11 is 0. The Bertz CT molecular complexity index is 3660. The second kappa shape index (κ2) is 14.7. The SMILES string of the molecule is CC1(C)c2ccccc2-c2c(N(c3ccc(-c4ccccc4)cc3)c3ccc4c(c3)-c3ccccc3C4(c3ccccc3)c3ccc(-c4cccc5c4oc4ccccc45)cc3)cccc21. The van der Waals surface area contributed by atoms with E-state index in [9.17, 15) is 0 Å². The van der Waals surface area contributed by atoms with Crippen molar-refractivity contribution in [1.29, 1.82) is 0 Å². The van der Waals surface area contributed by atoms with Crippen molar-refractivity contribution in [2.24, 2.45) is 0 Å². The molecular weight excluding hydrogens is 799 g/mol. The largest absolute Gasteiger partial charge is 0.455 e. The summed E-state index contributed by atoms with van der Waals surface area (Å²) in [6, 6.07) is 87.0. The van der Waals surface area contributed by atoms with E-state index in [1.54, 1.807) is 0 Å². The number of hydrogen-bond donors (Lipinski definition) is 0. The van der Waals surface area contributed by atoms with E-state index in [0.29, 0.717) is 0 Å². The Labute approximate surface area is 385 Å². The smallest absolute Gasteiger partial charge is 0.143 e. The monoisotopic (exact) mass is 843 g/mol. The minimum atomic E-state index is -0.561. The Hall–Kier alpha value is -8.20. The van der Waals surface area contributed by atoms with Gasteiger partial charge in [0.25, 0.3) is 0 Å². The van der Waals surface area contributed by atoms with E-state index in [1.807, 2.05) is 6.07 Å². The van der Waals surface area contributed by atoms with Gasteiger partial charge < -0.3 is 9.32 Å². The zero-order valence-corrected chi connectivity index (χ0v) is 36.9. The lowest BCUT2D eigenvalue weighted by Crippen LogP contribution is -2.28. The summed E-state index contributed by atoms with van der Waals surface area (Å²) < 4.78 is 6.52. The van der Waals surface area contributed by atoms with Crippen molar-refractivity contribution in [2.45, 2.75) is 24.7 Å². The maximum absolute atomic E-state index is 6.52. The summed E-state index contributed by atoms with van der Waals surface area (Å²) in [6.07, 6.45) is 0. The topological polar surface area (TPSA) is 16.4 Å². The van der Waals surface area contributed by atoms with Crippen LogP contribution in [-0.2, 0) is 10.8 Å². The molecule has 2 nitrogen and oxygen atoms in total. The Morgan fingerprint density at radius 2 is 0.924 bits per heavy atom. The van der Waals surface area contributed by atoms with Crippen molar-refractivity contribution in [2.75, 3.05) is 4.90 Å². The first-order valence-electron chi connectivity index (χ1n) is 23.0. The van der Waals surface area contributed by atoms with Crippen LogP contribution in [0.2, 0.25) is 0 Å². The molecule has 1 atom stereocenters. The Morgan fingerprint density at radius 3 is 1.73 bits per heavy atom. The second-order valence-electron chi connectivity index (χ2n) is 18.4. The van der Waals surface area contributed by atoms with Crippen LogP contribution < -0.4 is 4.90 Å². The molecule has 10 aromatic carbocycles. The van der Waals surface area contributed by atoms with E-state index in [2.05, 4.69) is 249 Å². The molecule has 1 unspecified atom stereocenters. The van der Waals surface area contributed by atoms with Gasteiger partial charge in [-0.2, -0.15) is 0 Å². The first kappa shape index (κ1) is 38.3. The second-order valence-corrected chi connectivity index (χ2v) is 18.4. The molecule has 1 heterocycles. The minimum Gasteiger partial charge on any atom is -0.455 e. The predicted molar refractivity (Wildman–Crippen MR) is 274 cm³/mol. The molecule has 0 aliphatic heterocycles. The first-order valence-corrected chi connectivity index (χ1v) is 23.0. The third kappa shape index (κ3) is 5.55. The van der Waals surface area contributed by atoms with Gasteiger partial charge in [0.05, 0.1) is 11.1 Å². The quantitative estimate of drug-likeness (QED) is 0.159. The number of fused-ring (bicyclic) bond motifs is 9. The van der Waals surface area contributed by atoms with E-state index < -0.39 is 5.41 Å². The lowest BCUT2D eigenvalue weighted by Gasteiger charge is -2.34. The molecule has 0 amide bonds. The highest BCUT2D eigenvalue weighted by Crippen LogP contribution is 2.59. The van der Waals surface area contributed by atoms with E-state index in [-0.39, 0.29) is 5.41 Å². The zero-order valence-electron chi connectivity index (χ0n) is 36.9. The van der Waals surface area contributed by atoms with Crippen LogP contribution in [0.25, 0.3) is 66.4 Å². The summed E-state index contributed by atoms with van der Waals surface area (Å²) in [5.74, 6) is 0. The van der Waals surface area contributed by atoms with Crippen LogP contribution in [0.1, 0.15) is 47.2 Å². The van der Waals surface area contributed by atoms with Crippen LogP contribution in [0.3, 0.4) is 0 Å². The number of furan rings is 1. The van der Waals surface area contributed by atoms with Crippen molar-refractivity contribution in [3.05, 3.63) is 270 Å². The molecule has 2 aliphatic carbocycles. The number of nitrogens with zero attached hydrogens (tertiary/aromatic N) is 1. The van der Waals surface area contributed by atoms with E-state index in [0.717, 1.165) is 44.4 Å². The molecule has 312 valence electrons. The van der Waals surface area contributed by atoms with Crippen LogP contribution >= 0.6 is 0 Å². The summed E-state index contributed by atoms with van der Waals surface area (Å²) in [5, 5.41) is 2.28. The third-order valence-electron chi connectivity index (χ3n) is 14.6. The maximum Gasteiger partial charge on any atom is 0.143 e. The van der Waals surface area contributed by atoms with Gasteiger partial charge in [-0.3, -0.25) is 0 Å². The first-order chi connectivity index (χ1) is 32.5. The van der Waals surface area contributed by atoms with Gasteiger partial charge in [0.2, 0.25) is 0 Å². The number of anilines is 3. The molecule has 1 aromatic heterocycles. The minimum absolute atomic E-state index is 0.134. The van der Waals surface area contributed by atoms with Crippen LogP contribution in [-0.4, -0.2) is 0 Å². The van der Waals surface area contributed by atoms with Gasteiger partial charge >= 0.3 is 0 Å². The van der Waals surface area contributed by atoms with Gasteiger partial charge in [0.1, 0.15) is 11.2 Å². The van der Waals surface area contributed by atoms with Gasteiger partial charge in [-0.05, 0) is 103 Å². The van der Waals surface area contributed by atoms with Crippen molar-refractivity contribution in [3.8, 4) is 44.5 Å². The average molecular weight is 844 g/mol. The van der Waals surface area contributed by atoms with Gasteiger partial charge in [-0.1, -0.05) is 214 Å². The average Bonchev–Trinajstić information content (AvgIpc) is 3.99. The van der Waals surface area contributed by atoms with Crippen molar-refractivity contribution < 1.29 is 4.42 Å².